The van der Waals surface area contributed by atoms with Crippen molar-refractivity contribution in [2.45, 2.75) is 0 Å². The third kappa shape index (κ3) is 2.48. The van der Waals surface area contributed by atoms with E-state index in [0.29, 0.717) is 10.8 Å². The topological polar surface area (TPSA) is 62.2 Å². The van der Waals surface area contributed by atoms with Gasteiger partial charge in [0.05, 0.1) is 0 Å². The van der Waals surface area contributed by atoms with Gasteiger partial charge in [0.25, 0.3) is 5.91 Å². The largest absolute Gasteiger partial charge is 0.387 e. The van der Waals surface area contributed by atoms with Crippen molar-refractivity contribution >= 4 is 23.3 Å². The van der Waals surface area contributed by atoms with E-state index in [1.54, 1.807) is 6.07 Å². The van der Waals surface area contributed by atoms with E-state index in [0.717, 1.165) is 0 Å². The van der Waals surface area contributed by atoms with E-state index in [1.165, 1.54) is 12.3 Å². The number of aliphatic hydroxyl groups is 1. The summed E-state index contributed by atoms with van der Waals surface area (Å²) in [6.07, 6.45) is 1.47. The second-order valence-corrected chi connectivity index (χ2v) is 2.50. The molecule has 4 nitrogen and oxygen atoms in total. The zero-order chi connectivity index (χ0) is 8.97. The zero-order valence-electron chi connectivity index (χ0n) is 6.12. The van der Waals surface area contributed by atoms with E-state index in [2.05, 4.69) is 10.3 Å². The second-order valence-electron chi connectivity index (χ2n) is 2.07. The van der Waals surface area contributed by atoms with Crippen molar-refractivity contribution in [1.82, 2.24) is 4.98 Å². The van der Waals surface area contributed by atoms with Crippen LogP contribution in [0.15, 0.2) is 18.3 Å². The molecule has 1 aromatic rings. The molecular weight excluding hydrogens is 180 g/mol. The zero-order valence-corrected chi connectivity index (χ0v) is 6.88. The summed E-state index contributed by atoms with van der Waals surface area (Å²) < 4.78 is 0. The van der Waals surface area contributed by atoms with Crippen molar-refractivity contribution in [3.05, 3.63) is 23.4 Å². The molecule has 1 rings (SSSR count). The quantitative estimate of drug-likeness (QED) is 0.714. The molecule has 0 atom stereocenters. The molecule has 0 aliphatic heterocycles. The van der Waals surface area contributed by atoms with Gasteiger partial charge in [0.15, 0.2) is 0 Å². The maximum absolute atomic E-state index is 10.6. The van der Waals surface area contributed by atoms with Crippen molar-refractivity contribution in [3.63, 3.8) is 0 Å². The Morgan fingerprint density at radius 3 is 3.08 bits per heavy atom. The molecule has 12 heavy (non-hydrogen) atoms. The molecule has 1 heterocycles. The van der Waals surface area contributed by atoms with Crippen LogP contribution in [0.4, 0.5) is 5.82 Å². The Hall–Kier alpha value is -1.13. The highest BCUT2D eigenvalue weighted by molar-refractivity contribution is 6.30. The number of carbonyl (C=O) groups excluding carboxylic acids is 1. The predicted molar refractivity (Wildman–Crippen MR) is 45.0 cm³/mol. The summed E-state index contributed by atoms with van der Waals surface area (Å²) in [5.74, 6) is -0.175. The lowest BCUT2D eigenvalue weighted by Crippen LogP contribution is -2.16. The van der Waals surface area contributed by atoms with Crippen molar-refractivity contribution in [3.8, 4) is 0 Å². The van der Waals surface area contributed by atoms with E-state index in [-0.39, 0.29) is 0 Å². The average Bonchev–Trinajstić information content (AvgIpc) is 2.04. The third-order valence-electron chi connectivity index (χ3n) is 1.13. The molecule has 1 aromatic heterocycles. The Labute approximate surface area is 74.2 Å². The maximum Gasteiger partial charge on any atom is 0.251 e. The van der Waals surface area contributed by atoms with Gasteiger partial charge in [0, 0.05) is 11.2 Å². The van der Waals surface area contributed by atoms with Gasteiger partial charge in [-0.3, -0.25) is 4.79 Å². The molecule has 0 aromatic carbocycles. The number of hydrogen-bond acceptors (Lipinski definition) is 3. The minimum absolute atomic E-state index is 0.335. The highest BCUT2D eigenvalue weighted by Crippen LogP contribution is 2.11. The van der Waals surface area contributed by atoms with E-state index >= 15 is 0 Å². The number of nitrogens with one attached hydrogen (secondary N) is 1. The van der Waals surface area contributed by atoms with Crippen LogP contribution in [-0.2, 0) is 4.79 Å². The molecular formula is C7H7ClN2O2. The van der Waals surface area contributed by atoms with Gasteiger partial charge in [-0.15, -0.1) is 0 Å². The normalized spacial score (nSPS) is 9.50. The number of anilines is 1. The number of amides is 1. The molecule has 0 bridgehead atoms. The van der Waals surface area contributed by atoms with Crippen LogP contribution in [0.1, 0.15) is 0 Å². The number of halogens is 1. The van der Waals surface area contributed by atoms with Crippen LogP contribution in [0.2, 0.25) is 5.02 Å². The molecule has 0 aliphatic carbocycles. The molecule has 0 unspecified atom stereocenters. The number of aliphatic hydroxyl groups excluding tert-OH is 1. The lowest BCUT2D eigenvalue weighted by Gasteiger charge is -2.00. The minimum Gasteiger partial charge on any atom is -0.387 e. The summed E-state index contributed by atoms with van der Waals surface area (Å²) in [5, 5.41) is 11.2. The molecule has 1 amide bonds. The molecule has 0 spiro atoms. The van der Waals surface area contributed by atoms with Crippen LogP contribution < -0.4 is 5.32 Å². The summed E-state index contributed by atoms with van der Waals surface area (Å²) in [6.45, 7) is -0.561. The standard InChI is InChI=1S/C7H7ClN2O2/c8-5-1-2-9-6(3-5)10-7(12)4-11/h1-3,11H,4H2,(H,9,10,12). The first-order valence-corrected chi connectivity index (χ1v) is 3.62. The summed E-state index contributed by atoms with van der Waals surface area (Å²) in [7, 11) is 0. The van der Waals surface area contributed by atoms with Crippen LogP contribution >= 0.6 is 11.6 Å². The number of pyridine rings is 1. The van der Waals surface area contributed by atoms with Crippen LogP contribution in [0.3, 0.4) is 0 Å². The van der Waals surface area contributed by atoms with Gasteiger partial charge in [0.1, 0.15) is 12.4 Å². The number of carbonyl (C=O) groups is 1. The van der Waals surface area contributed by atoms with Crippen molar-refractivity contribution in [1.29, 1.82) is 0 Å². The first-order valence-electron chi connectivity index (χ1n) is 3.24. The number of hydrogen-bond donors (Lipinski definition) is 2. The highest BCUT2D eigenvalue weighted by Gasteiger charge is 2.00. The van der Waals surface area contributed by atoms with Crippen molar-refractivity contribution in [2.24, 2.45) is 0 Å². The average molecular weight is 187 g/mol. The fourth-order valence-corrected chi connectivity index (χ4v) is 0.815. The lowest BCUT2D eigenvalue weighted by atomic mass is 10.4. The van der Waals surface area contributed by atoms with E-state index in [1.807, 2.05) is 0 Å². The Morgan fingerprint density at radius 2 is 2.50 bits per heavy atom. The van der Waals surface area contributed by atoms with Gasteiger partial charge in [-0.2, -0.15) is 0 Å². The molecule has 0 saturated heterocycles. The van der Waals surface area contributed by atoms with Crippen molar-refractivity contribution < 1.29 is 9.90 Å². The Kier molecular flexibility index (Phi) is 3.01. The summed E-state index contributed by atoms with van der Waals surface area (Å²) in [6, 6.07) is 3.09. The number of aromatic nitrogens is 1. The van der Waals surface area contributed by atoms with Crippen molar-refractivity contribution in [2.75, 3.05) is 11.9 Å². The summed E-state index contributed by atoms with van der Waals surface area (Å²) in [5.41, 5.74) is 0. The molecule has 0 fully saturated rings. The molecule has 5 heteroatoms. The summed E-state index contributed by atoms with van der Waals surface area (Å²) in [4.78, 5) is 14.4. The second kappa shape index (κ2) is 4.04. The first-order chi connectivity index (χ1) is 5.72. The molecule has 64 valence electrons. The smallest absolute Gasteiger partial charge is 0.251 e. The van der Waals surface area contributed by atoms with Crippen LogP contribution in [0.5, 0.6) is 0 Å². The van der Waals surface area contributed by atoms with E-state index in [9.17, 15) is 4.79 Å². The maximum atomic E-state index is 10.6. The monoisotopic (exact) mass is 186 g/mol. The highest BCUT2D eigenvalue weighted by atomic mass is 35.5. The first kappa shape index (κ1) is 8.96. The Morgan fingerprint density at radius 1 is 1.75 bits per heavy atom. The number of rotatable bonds is 2. The van der Waals surface area contributed by atoms with Gasteiger partial charge in [-0.1, -0.05) is 11.6 Å². The van der Waals surface area contributed by atoms with Crippen LogP contribution in [-0.4, -0.2) is 22.6 Å². The van der Waals surface area contributed by atoms with E-state index < -0.39 is 12.5 Å². The number of nitrogens with zero attached hydrogens (tertiary/aromatic N) is 1. The molecule has 0 aliphatic rings. The lowest BCUT2D eigenvalue weighted by molar-refractivity contribution is -0.118. The SMILES string of the molecule is O=C(CO)Nc1cc(Cl)ccn1. The van der Waals surface area contributed by atoms with Gasteiger partial charge in [-0.25, -0.2) is 4.98 Å². The van der Waals surface area contributed by atoms with E-state index in [4.69, 9.17) is 16.7 Å². The van der Waals surface area contributed by atoms with Gasteiger partial charge in [-0.05, 0) is 12.1 Å². The predicted octanol–water partition coefficient (Wildman–Crippen LogP) is 0.666. The minimum atomic E-state index is -0.561. The Balaban J connectivity index is 2.69. The summed E-state index contributed by atoms with van der Waals surface area (Å²) >= 11 is 5.62. The fourth-order valence-electron chi connectivity index (χ4n) is 0.655. The molecule has 0 radical (unpaired) electrons. The third-order valence-corrected chi connectivity index (χ3v) is 1.37. The van der Waals surface area contributed by atoms with Gasteiger partial charge >= 0.3 is 0 Å². The van der Waals surface area contributed by atoms with Crippen LogP contribution in [0, 0.1) is 0 Å². The van der Waals surface area contributed by atoms with Crippen LogP contribution in [0.25, 0.3) is 0 Å². The molecule has 2 N–H and O–H groups in total. The molecule has 0 saturated carbocycles. The van der Waals surface area contributed by atoms with Gasteiger partial charge < -0.3 is 10.4 Å². The Bertz CT molecular complexity index is 290. The fraction of sp³-hybridized carbons (Fsp3) is 0.143. The van der Waals surface area contributed by atoms with Gasteiger partial charge in [0.2, 0.25) is 0 Å².